The maximum Gasteiger partial charge on any atom is 0.305 e. The van der Waals surface area contributed by atoms with Crippen LogP contribution < -0.4 is 5.32 Å². The number of hydrogen-bond acceptors (Lipinski definition) is 5. The second kappa shape index (κ2) is 51.7. The molecular weight excluding hydrogens is 767 g/mol. The van der Waals surface area contributed by atoms with Gasteiger partial charge in [0.1, 0.15) is 0 Å². The van der Waals surface area contributed by atoms with E-state index in [1.165, 1.54) is 193 Å². The summed E-state index contributed by atoms with van der Waals surface area (Å²) in [5.74, 6) is -0.140. The van der Waals surface area contributed by atoms with Crippen LogP contribution in [0.3, 0.4) is 0 Å². The lowest BCUT2D eigenvalue weighted by Gasteiger charge is -2.22. The van der Waals surface area contributed by atoms with E-state index in [-0.39, 0.29) is 18.5 Å². The third kappa shape index (κ3) is 47.6. The molecule has 0 rings (SSSR count). The van der Waals surface area contributed by atoms with E-state index in [0.29, 0.717) is 32.3 Å². The molecule has 62 heavy (non-hydrogen) atoms. The molecule has 0 radical (unpaired) electrons. The molecule has 0 aliphatic carbocycles. The maximum atomic E-state index is 12.4. The van der Waals surface area contributed by atoms with Gasteiger partial charge in [0.05, 0.1) is 25.4 Å². The van der Waals surface area contributed by atoms with E-state index in [0.717, 1.165) is 51.4 Å². The minimum Gasteiger partial charge on any atom is -0.466 e. The van der Waals surface area contributed by atoms with E-state index >= 15 is 0 Å². The number of carbonyl (C=O) groups is 2. The van der Waals surface area contributed by atoms with Gasteiger partial charge in [-0.05, 0) is 70.6 Å². The van der Waals surface area contributed by atoms with Gasteiger partial charge in [0.2, 0.25) is 5.91 Å². The molecule has 0 bridgehead atoms. The number of allylic oxidation sites excluding steroid dienone is 6. The predicted octanol–water partition coefficient (Wildman–Crippen LogP) is 16.5. The van der Waals surface area contributed by atoms with Crippen LogP contribution >= 0.6 is 0 Å². The second-order valence-corrected chi connectivity index (χ2v) is 18.6. The molecule has 0 saturated heterocycles. The van der Waals surface area contributed by atoms with Crippen molar-refractivity contribution < 1.29 is 24.5 Å². The topological polar surface area (TPSA) is 95.9 Å². The molecule has 3 N–H and O–H groups in total. The highest BCUT2D eigenvalue weighted by Gasteiger charge is 2.19. The molecule has 2 unspecified atom stereocenters. The van der Waals surface area contributed by atoms with E-state index in [9.17, 15) is 19.8 Å². The highest BCUT2D eigenvalue weighted by molar-refractivity contribution is 5.76. The molecule has 0 spiro atoms. The van der Waals surface area contributed by atoms with Gasteiger partial charge < -0.3 is 20.3 Å². The van der Waals surface area contributed by atoms with E-state index in [1.54, 1.807) is 0 Å². The van der Waals surface area contributed by atoms with Crippen LogP contribution in [0.15, 0.2) is 36.5 Å². The molecule has 6 nitrogen and oxygen atoms in total. The molecule has 0 fully saturated rings. The largest absolute Gasteiger partial charge is 0.466 e. The van der Waals surface area contributed by atoms with Crippen molar-refractivity contribution in [3.63, 3.8) is 0 Å². The Kier molecular flexibility index (Phi) is 50.1. The van der Waals surface area contributed by atoms with E-state index in [2.05, 4.69) is 49.5 Å². The lowest BCUT2D eigenvalue weighted by atomic mass is 10.0. The number of esters is 1. The van der Waals surface area contributed by atoms with Gasteiger partial charge >= 0.3 is 5.97 Å². The van der Waals surface area contributed by atoms with Crippen molar-refractivity contribution >= 4 is 11.9 Å². The number of aliphatic hydroxyl groups excluding tert-OH is 2. The Labute approximate surface area is 385 Å². The first-order valence-corrected chi connectivity index (χ1v) is 27.2. The van der Waals surface area contributed by atoms with Crippen LogP contribution in [0.1, 0.15) is 284 Å². The molecule has 0 aliphatic heterocycles. The van der Waals surface area contributed by atoms with Crippen molar-refractivity contribution in [2.45, 2.75) is 296 Å². The Bertz CT molecular complexity index is 1010. The lowest BCUT2D eigenvalue weighted by molar-refractivity contribution is -0.143. The van der Waals surface area contributed by atoms with Crippen LogP contribution in [0.5, 0.6) is 0 Å². The van der Waals surface area contributed by atoms with Gasteiger partial charge in [-0.1, -0.05) is 237 Å². The average Bonchev–Trinajstić information content (AvgIpc) is 3.27. The van der Waals surface area contributed by atoms with Crippen molar-refractivity contribution in [2.75, 3.05) is 13.2 Å². The van der Waals surface area contributed by atoms with Crippen LogP contribution in [0.4, 0.5) is 0 Å². The Morgan fingerprint density at radius 2 is 0.823 bits per heavy atom. The number of carbonyl (C=O) groups excluding carboxylic acids is 2. The number of hydrogen-bond donors (Lipinski definition) is 3. The van der Waals surface area contributed by atoms with Crippen molar-refractivity contribution in [3.8, 4) is 0 Å². The Hall–Kier alpha value is -1.92. The zero-order chi connectivity index (χ0) is 45.1. The summed E-state index contributed by atoms with van der Waals surface area (Å²) in [7, 11) is 0. The van der Waals surface area contributed by atoms with Gasteiger partial charge in [0, 0.05) is 12.8 Å². The standard InChI is InChI=1S/C56H105NO5/c1-3-5-7-9-11-13-15-17-19-20-21-22-24-28-32-36-40-44-48-54(59)53(52-58)57-55(60)49-45-41-37-33-29-25-23-27-31-35-39-43-47-51-62-56(61)50-46-42-38-34-30-26-18-16-14-12-10-8-6-4-2/h16,18,25,29,37,41,53-54,58-59H,3-15,17,19-24,26-28,30-36,38-40,42-52H2,1-2H3,(H,57,60)/b18-16-,29-25-,41-37-. The lowest BCUT2D eigenvalue weighted by Crippen LogP contribution is -2.45. The molecule has 0 aromatic rings. The van der Waals surface area contributed by atoms with Crippen molar-refractivity contribution in [1.29, 1.82) is 0 Å². The van der Waals surface area contributed by atoms with Gasteiger partial charge in [-0.15, -0.1) is 0 Å². The SMILES string of the molecule is CCCCCCC/C=C\CCCCCCCC(=O)OCCCCCCCC/C=C\C/C=C\CCC(=O)NC(CO)C(O)CCCCCCCCCCCCCCCCCCCC. The summed E-state index contributed by atoms with van der Waals surface area (Å²) >= 11 is 0. The first-order valence-electron chi connectivity index (χ1n) is 27.2. The van der Waals surface area contributed by atoms with Crippen molar-refractivity contribution in [1.82, 2.24) is 5.32 Å². The molecule has 1 amide bonds. The van der Waals surface area contributed by atoms with Crippen LogP contribution in [-0.4, -0.2) is 47.4 Å². The van der Waals surface area contributed by atoms with Crippen LogP contribution in [-0.2, 0) is 14.3 Å². The fourth-order valence-electron chi connectivity index (χ4n) is 8.21. The highest BCUT2D eigenvalue weighted by Crippen LogP contribution is 2.16. The smallest absolute Gasteiger partial charge is 0.305 e. The Morgan fingerprint density at radius 3 is 1.27 bits per heavy atom. The summed E-state index contributed by atoms with van der Waals surface area (Å²) in [5, 5.41) is 23.2. The fraction of sp³-hybridized carbons (Fsp3) is 0.857. The van der Waals surface area contributed by atoms with Crippen LogP contribution in [0, 0.1) is 0 Å². The third-order valence-electron chi connectivity index (χ3n) is 12.4. The predicted molar refractivity (Wildman–Crippen MR) is 269 cm³/mol. The van der Waals surface area contributed by atoms with Crippen LogP contribution in [0.25, 0.3) is 0 Å². The van der Waals surface area contributed by atoms with E-state index in [4.69, 9.17) is 4.74 Å². The Morgan fingerprint density at radius 1 is 0.452 bits per heavy atom. The molecular formula is C56H105NO5. The molecule has 0 aromatic heterocycles. The summed E-state index contributed by atoms with van der Waals surface area (Å²) in [6, 6.07) is -0.586. The minimum atomic E-state index is -0.700. The number of nitrogens with one attached hydrogen (secondary N) is 1. The minimum absolute atomic E-state index is 0.0256. The quantitative estimate of drug-likeness (QED) is 0.0321. The molecule has 0 saturated carbocycles. The Balaban J connectivity index is 3.56. The monoisotopic (exact) mass is 872 g/mol. The van der Waals surface area contributed by atoms with Gasteiger partial charge in [0.15, 0.2) is 0 Å². The molecule has 6 heteroatoms. The summed E-state index contributed by atoms with van der Waals surface area (Å²) < 4.78 is 5.45. The number of aliphatic hydroxyl groups is 2. The molecule has 0 aromatic carbocycles. The molecule has 0 aliphatic rings. The van der Waals surface area contributed by atoms with Gasteiger partial charge in [0.25, 0.3) is 0 Å². The number of ether oxygens (including phenoxy) is 1. The second-order valence-electron chi connectivity index (χ2n) is 18.6. The zero-order valence-corrected chi connectivity index (χ0v) is 41.4. The average molecular weight is 872 g/mol. The fourth-order valence-corrected chi connectivity index (χ4v) is 8.21. The van der Waals surface area contributed by atoms with Crippen molar-refractivity contribution in [2.24, 2.45) is 0 Å². The van der Waals surface area contributed by atoms with Gasteiger partial charge in [-0.25, -0.2) is 0 Å². The first-order chi connectivity index (χ1) is 30.5. The van der Waals surface area contributed by atoms with Crippen LogP contribution in [0.2, 0.25) is 0 Å². The van der Waals surface area contributed by atoms with Crippen molar-refractivity contribution in [3.05, 3.63) is 36.5 Å². The molecule has 364 valence electrons. The highest BCUT2D eigenvalue weighted by atomic mass is 16.5. The zero-order valence-electron chi connectivity index (χ0n) is 41.4. The number of rotatable bonds is 50. The summed E-state index contributed by atoms with van der Waals surface area (Å²) in [4.78, 5) is 24.5. The summed E-state index contributed by atoms with van der Waals surface area (Å²) in [6.45, 7) is 4.88. The van der Waals surface area contributed by atoms with Gasteiger partial charge in [-0.3, -0.25) is 9.59 Å². The molecule has 0 heterocycles. The van der Waals surface area contributed by atoms with E-state index in [1.807, 2.05) is 6.08 Å². The number of amides is 1. The summed E-state index contributed by atoms with van der Waals surface area (Å²) in [6.07, 6.45) is 62.7. The third-order valence-corrected chi connectivity index (χ3v) is 12.4. The molecule has 2 atom stereocenters. The van der Waals surface area contributed by atoms with Gasteiger partial charge in [-0.2, -0.15) is 0 Å². The first kappa shape index (κ1) is 60.1. The maximum absolute atomic E-state index is 12.4. The number of unbranched alkanes of at least 4 members (excludes halogenated alkanes) is 33. The van der Waals surface area contributed by atoms with E-state index < -0.39 is 12.1 Å². The summed E-state index contributed by atoms with van der Waals surface area (Å²) in [5.41, 5.74) is 0. The normalized spacial score (nSPS) is 12.9.